The van der Waals surface area contributed by atoms with Gasteiger partial charge < -0.3 is 27.0 Å². The number of furan rings is 3. The van der Waals surface area contributed by atoms with Crippen molar-refractivity contribution in [3.05, 3.63) is 405 Å². The second-order valence-electron chi connectivity index (χ2n) is 34.0. The van der Waals surface area contributed by atoms with E-state index in [-0.39, 0.29) is 5.41 Å². The predicted molar refractivity (Wildman–Crippen MR) is 537 cm³/mol. The summed E-state index contributed by atoms with van der Waals surface area (Å²) >= 11 is 5.68. The van der Waals surface area contributed by atoms with E-state index >= 15 is 0 Å². The zero-order valence-electron chi connectivity index (χ0n) is 68.3. The van der Waals surface area contributed by atoms with Gasteiger partial charge in [0.05, 0.1) is 47.2 Å². The molecule has 0 fully saturated rings. The minimum atomic E-state index is -0.158. The molecular formula is C117H71N3O3S3. The van der Waals surface area contributed by atoms with Crippen molar-refractivity contribution in [3.8, 4) is 61.6 Å². The maximum atomic E-state index is 6.33. The van der Waals surface area contributed by atoms with Gasteiger partial charge in [-0.1, -0.05) is 287 Å². The highest BCUT2D eigenvalue weighted by molar-refractivity contribution is 7.27. The number of fused-ring (bicyclic) bond motifs is 33. The average Bonchev–Trinajstić information content (AvgIpc) is 1.55. The first-order chi connectivity index (χ1) is 62.2. The van der Waals surface area contributed by atoms with Crippen molar-refractivity contribution >= 4 is 226 Å². The summed E-state index contributed by atoms with van der Waals surface area (Å²) in [4.78, 5) is 0. The Morgan fingerprint density at radius 1 is 0.206 bits per heavy atom. The van der Waals surface area contributed by atoms with Crippen LogP contribution in [0.15, 0.2) is 408 Å². The molecule has 0 spiro atoms. The number of para-hydroxylation sites is 7. The highest BCUT2D eigenvalue weighted by Gasteiger charge is 2.37. The first kappa shape index (κ1) is 71.2. The van der Waals surface area contributed by atoms with Crippen LogP contribution >= 0.6 is 34.0 Å². The molecule has 19 aromatic carbocycles. The summed E-state index contributed by atoms with van der Waals surface area (Å²) in [5, 5.41) is 22.7. The third-order valence-electron chi connectivity index (χ3n) is 26.8. The second-order valence-corrected chi connectivity index (χ2v) is 37.1. The van der Waals surface area contributed by atoms with Crippen LogP contribution in [0.4, 0.5) is 0 Å². The van der Waals surface area contributed by atoms with Gasteiger partial charge >= 0.3 is 0 Å². The maximum absolute atomic E-state index is 6.33. The number of benzene rings is 19. The zero-order valence-corrected chi connectivity index (χ0v) is 70.8. The van der Waals surface area contributed by atoms with Crippen LogP contribution in [-0.4, -0.2) is 13.7 Å². The predicted octanol–water partition coefficient (Wildman–Crippen LogP) is 34.5. The monoisotopic (exact) mass is 1660 g/mol. The quantitative estimate of drug-likeness (QED) is 0.167. The van der Waals surface area contributed by atoms with Gasteiger partial charge in [-0.2, -0.15) is 0 Å². The number of rotatable bonds is 6. The van der Waals surface area contributed by atoms with Gasteiger partial charge in [0, 0.05) is 139 Å². The van der Waals surface area contributed by atoms with E-state index in [9.17, 15) is 0 Å². The van der Waals surface area contributed by atoms with E-state index in [0.717, 1.165) is 82.6 Å². The Morgan fingerprint density at radius 2 is 0.532 bits per heavy atom. The Labute approximate surface area is 733 Å². The lowest BCUT2D eigenvalue weighted by atomic mass is 9.81. The van der Waals surface area contributed by atoms with E-state index in [1.807, 2.05) is 70.4 Å². The normalized spacial score (nSPS) is 12.7. The molecule has 6 nitrogen and oxygen atoms in total. The van der Waals surface area contributed by atoms with Gasteiger partial charge in [0.25, 0.3) is 0 Å². The smallest absolute Gasteiger partial charge is 0.143 e. The Bertz CT molecular complexity index is 9470. The van der Waals surface area contributed by atoms with E-state index in [1.54, 1.807) is 0 Å². The van der Waals surface area contributed by atoms with E-state index in [4.69, 9.17) is 13.3 Å². The number of thiophene rings is 3. The first-order valence-corrected chi connectivity index (χ1v) is 45.4. The Balaban J connectivity index is 0.0000000990. The van der Waals surface area contributed by atoms with Crippen LogP contribution in [-0.2, 0) is 5.41 Å². The number of hydrogen-bond donors (Lipinski definition) is 0. The van der Waals surface area contributed by atoms with Crippen LogP contribution in [0.3, 0.4) is 0 Å². The molecule has 9 heteroatoms. The van der Waals surface area contributed by atoms with Gasteiger partial charge in [-0.15, -0.1) is 34.0 Å². The molecule has 590 valence electrons. The van der Waals surface area contributed by atoms with Crippen LogP contribution in [0.25, 0.3) is 253 Å². The molecule has 0 amide bonds. The number of aromatic nitrogens is 3. The molecule has 9 aromatic heterocycles. The van der Waals surface area contributed by atoms with Crippen molar-refractivity contribution in [2.75, 3.05) is 0 Å². The molecule has 29 rings (SSSR count). The lowest BCUT2D eigenvalue weighted by molar-refractivity contribution is 0.660. The summed E-state index contributed by atoms with van der Waals surface area (Å²) in [6, 6.07) is 143. The molecule has 1 aliphatic rings. The highest BCUT2D eigenvalue weighted by Crippen LogP contribution is 2.54. The van der Waals surface area contributed by atoms with Crippen molar-refractivity contribution in [2.45, 2.75) is 19.3 Å². The molecule has 9 heterocycles. The SMILES string of the molecule is CC1(C)c2cc(-c3ccc4oc5ccccc5c4c3)ccc2-c2ccc(-n3c4ccccc4c4ccc5c6ccccc6sc5c43)cc21.c1ccc2c(c1)oc1c(-c3ccc(-n4c5ccccc5c5ccc6c7ccccc7sc6c54)cc3)cccc12.c1ccc2c(c1)oc1ccc(-c3ccc(-n4c5ccccc5c5ccc6c7ccccc7sc6c54)cc3)cc12. The van der Waals surface area contributed by atoms with Gasteiger partial charge in [0.15, 0.2) is 0 Å². The second kappa shape index (κ2) is 27.3. The van der Waals surface area contributed by atoms with Gasteiger partial charge in [0.1, 0.15) is 33.5 Å². The van der Waals surface area contributed by atoms with Gasteiger partial charge in [-0.05, 0) is 171 Å². The highest BCUT2D eigenvalue weighted by atomic mass is 32.1. The molecule has 0 saturated heterocycles. The number of nitrogens with zero attached hydrogens (tertiary/aromatic N) is 3. The summed E-state index contributed by atoms with van der Waals surface area (Å²) in [6.07, 6.45) is 0. The Hall–Kier alpha value is -15.4. The molecule has 0 atom stereocenters. The fraction of sp³-hybridized carbons (Fsp3) is 0.0256. The van der Waals surface area contributed by atoms with Crippen LogP contribution in [0, 0.1) is 0 Å². The van der Waals surface area contributed by atoms with Gasteiger partial charge in [-0.3, -0.25) is 0 Å². The van der Waals surface area contributed by atoms with Crippen molar-refractivity contribution in [1.29, 1.82) is 0 Å². The molecule has 0 unspecified atom stereocenters. The first-order valence-electron chi connectivity index (χ1n) is 43.0. The van der Waals surface area contributed by atoms with E-state index < -0.39 is 0 Å². The molecule has 0 N–H and O–H groups in total. The fourth-order valence-corrected chi connectivity index (χ4v) is 24.6. The zero-order chi connectivity index (χ0) is 82.7. The maximum Gasteiger partial charge on any atom is 0.143 e. The third-order valence-corrected chi connectivity index (χ3v) is 30.4. The average molecular weight is 1660 g/mol. The molecule has 28 aromatic rings. The summed E-state index contributed by atoms with van der Waals surface area (Å²) < 4.78 is 33.9. The van der Waals surface area contributed by atoms with Crippen LogP contribution < -0.4 is 0 Å². The lowest BCUT2D eigenvalue weighted by Gasteiger charge is -2.23. The topological polar surface area (TPSA) is 54.2 Å². The summed E-state index contributed by atoms with van der Waals surface area (Å²) in [6.45, 7) is 4.77. The summed E-state index contributed by atoms with van der Waals surface area (Å²) in [7, 11) is 0. The third kappa shape index (κ3) is 10.6. The number of hydrogen-bond acceptors (Lipinski definition) is 6. The summed E-state index contributed by atoms with van der Waals surface area (Å²) in [5.74, 6) is 0. The molecule has 0 saturated carbocycles. The molecule has 0 aliphatic heterocycles. The standard InChI is InChI=1S/C45H29NOS.2C36H21NOS/c1-45(2)37-24-27(26-16-22-41-36(23-26)32-10-4-7-13-40(32)47-41)15-18-29(37)30-19-17-28(25-38(30)45)46-39-12-6-3-9-31(39)34-20-21-35-33-11-5-8-14-42(33)48-44(35)43(34)46;1-4-13-31-25(8-1)28-20-21-30-27-10-3-6-15-33(27)39-36(30)34(28)37(31)23-18-16-22(17-19-23)24-11-7-12-29-26-9-2-5-14-32(26)38-35(24)29;1-4-10-31-25(7-1)28-18-19-29-27-9-3-6-12-34(27)39-36(29)35(28)37(31)24-16-13-22(14-17-24)23-15-20-33-30(21-23)26-8-2-5-11-32(26)38-33/h3-25H,1-2H3;2*1-21H. The molecule has 0 radical (unpaired) electrons. The van der Waals surface area contributed by atoms with Crippen molar-refractivity contribution in [1.82, 2.24) is 13.7 Å². The summed E-state index contributed by atoms with van der Waals surface area (Å²) in [5.41, 5.74) is 29.0. The minimum Gasteiger partial charge on any atom is -0.456 e. The van der Waals surface area contributed by atoms with E-state index in [2.05, 4.69) is 385 Å². The molecule has 0 bridgehead atoms. The molecule has 1 aliphatic carbocycles. The lowest BCUT2D eigenvalue weighted by Crippen LogP contribution is -2.15. The fourth-order valence-electron chi connectivity index (χ4n) is 20.9. The van der Waals surface area contributed by atoms with Crippen molar-refractivity contribution < 1.29 is 13.3 Å². The Kier molecular flexibility index (Phi) is 15.4. The van der Waals surface area contributed by atoms with Crippen molar-refractivity contribution in [2.24, 2.45) is 0 Å². The van der Waals surface area contributed by atoms with Crippen molar-refractivity contribution in [3.63, 3.8) is 0 Å². The van der Waals surface area contributed by atoms with E-state index in [0.29, 0.717) is 0 Å². The van der Waals surface area contributed by atoms with Gasteiger partial charge in [0.2, 0.25) is 0 Å². The van der Waals surface area contributed by atoms with Crippen LogP contribution in [0.2, 0.25) is 0 Å². The van der Waals surface area contributed by atoms with E-state index in [1.165, 1.54) is 182 Å². The van der Waals surface area contributed by atoms with Crippen LogP contribution in [0.1, 0.15) is 25.0 Å². The minimum absolute atomic E-state index is 0.158. The largest absolute Gasteiger partial charge is 0.456 e. The van der Waals surface area contributed by atoms with Crippen LogP contribution in [0.5, 0.6) is 0 Å². The molecule has 126 heavy (non-hydrogen) atoms. The Morgan fingerprint density at radius 3 is 1.01 bits per heavy atom. The van der Waals surface area contributed by atoms with Gasteiger partial charge in [-0.25, -0.2) is 0 Å². The molecular weight excluding hydrogens is 1590 g/mol.